The Morgan fingerprint density at radius 2 is 2.23 bits per heavy atom. The van der Waals surface area contributed by atoms with Crippen molar-refractivity contribution in [1.29, 1.82) is 0 Å². The molecule has 72 valence electrons. The average molecular weight is 178 g/mol. The van der Waals surface area contributed by atoms with Crippen molar-refractivity contribution in [2.45, 2.75) is 39.9 Å². The first-order chi connectivity index (χ1) is 6.07. The Hall–Kier alpha value is -0.760. The first kappa shape index (κ1) is 8.82. The zero-order valence-electron chi connectivity index (χ0n) is 8.67. The smallest absolute Gasteiger partial charge is 0.0381 e. The van der Waals surface area contributed by atoms with Crippen molar-refractivity contribution in [3.05, 3.63) is 24.0 Å². The van der Waals surface area contributed by atoms with E-state index in [4.69, 9.17) is 0 Å². The number of fused-ring (bicyclic) bond motifs is 1. The van der Waals surface area contributed by atoms with Crippen molar-refractivity contribution in [3.8, 4) is 0 Å². The minimum Gasteiger partial charge on any atom is -0.349 e. The third-order valence-electron chi connectivity index (χ3n) is 2.88. The number of hydrogen-bond donors (Lipinski definition) is 1. The lowest BCUT2D eigenvalue weighted by atomic mass is 9.86. The monoisotopic (exact) mass is 178 g/mol. The molecule has 1 aliphatic heterocycles. The summed E-state index contributed by atoms with van der Waals surface area (Å²) in [7, 11) is 0. The number of rotatable bonds is 0. The van der Waals surface area contributed by atoms with Crippen LogP contribution in [0.15, 0.2) is 18.3 Å². The number of nitrogens with zero attached hydrogens (tertiary/aromatic N) is 1. The van der Waals surface area contributed by atoms with Gasteiger partial charge in [-0.15, -0.1) is 0 Å². The van der Waals surface area contributed by atoms with Crippen molar-refractivity contribution < 1.29 is 0 Å². The van der Waals surface area contributed by atoms with Crippen molar-refractivity contribution in [2.75, 3.05) is 0 Å². The SMILES string of the molecule is CC(C)(C)C1Cn2cccc2CN1. The summed E-state index contributed by atoms with van der Waals surface area (Å²) < 4.78 is 2.35. The molecular weight excluding hydrogens is 160 g/mol. The molecule has 1 unspecified atom stereocenters. The second-order valence-corrected chi connectivity index (χ2v) is 4.95. The normalized spacial score (nSPS) is 22.8. The van der Waals surface area contributed by atoms with Gasteiger partial charge in [-0.05, 0) is 17.5 Å². The number of aromatic nitrogens is 1. The summed E-state index contributed by atoms with van der Waals surface area (Å²) in [6, 6.07) is 4.90. The van der Waals surface area contributed by atoms with Crippen LogP contribution in [0.5, 0.6) is 0 Å². The Balaban J connectivity index is 2.18. The van der Waals surface area contributed by atoms with Gasteiger partial charge in [0.05, 0.1) is 0 Å². The van der Waals surface area contributed by atoms with Gasteiger partial charge in [0.1, 0.15) is 0 Å². The summed E-state index contributed by atoms with van der Waals surface area (Å²) >= 11 is 0. The molecule has 2 heterocycles. The summed E-state index contributed by atoms with van der Waals surface area (Å²) in [5.41, 5.74) is 1.75. The predicted octanol–water partition coefficient (Wildman–Crippen LogP) is 2.01. The Morgan fingerprint density at radius 3 is 2.92 bits per heavy atom. The molecule has 0 radical (unpaired) electrons. The van der Waals surface area contributed by atoms with E-state index in [0.717, 1.165) is 13.1 Å². The molecule has 0 aliphatic carbocycles. The Kier molecular flexibility index (Phi) is 1.95. The molecule has 0 amide bonds. The van der Waals surface area contributed by atoms with Crippen LogP contribution in [0.3, 0.4) is 0 Å². The van der Waals surface area contributed by atoms with Crippen molar-refractivity contribution in [2.24, 2.45) is 5.41 Å². The molecule has 0 saturated heterocycles. The molecule has 1 aliphatic rings. The lowest BCUT2D eigenvalue weighted by molar-refractivity contribution is 0.219. The van der Waals surface area contributed by atoms with Gasteiger partial charge < -0.3 is 9.88 Å². The van der Waals surface area contributed by atoms with Crippen LogP contribution in [0, 0.1) is 5.41 Å². The van der Waals surface area contributed by atoms with Crippen molar-refractivity contribution >= 4 is 0 Å². The van der Waals surface area contributed by atoms with Crippen LogP contribution in [0.4, 0.5) is 0 Å². The van der Waals surface area contributed by atoms with E-state index in [1.54, 1.807) is 0 Å². The van der Waals surface area contributed by atoms with Crippen LogP contribution in [-0.4, -0.2) is 10.6 Å². The number of hydrogen-bond acceptors (Lipinski definition) is 1. The summed E-state index contributed by atoms with van der Waals surface area (Å²) in [5.74, 6) is 0. The third-order valence-corrected chi connectivity index (χ3v) is 2.88. The van der Waals surface area contributed by atoms with Gasteiger partial charge in [0.2, 0.25) is 0 Å². The van der Waals surface area contributed by atoms with Crippen LogP contribution in [0.1, 0.15) is 26.5 Å². The molecule has 1 aromatic rings. The van der Waals surface area contributed by atoms with E-state index in [2.05, 4.69) is 49.0 Å². The fourth-order valence-corrected chi connectivity index (χ4v) is 1.86. The van der Waals surface area contributed by atoms with Crippen molar-refractivity contribution in [3.63, 3.8) is 0 Å². The second kappa shape index (κ2) is 2.88. The van der Waals surface area contributed by atoms with Crippen LogP contribution in [0.2, 0.25) is 0 Å². The molecule has 0 bridgehead atoms. The Morgan fingerprint density at radius 1 is 1.46 bits per heavy atom. The van der Waals surface area contributed by atoms with Crippen LogP contribution < -0.4 is 5.32 Å². The molecule has 0 fully saturated rings. The highest BCUT2D eigenvalue weighted by Gasteiger charge is 2.27. The highest BCUT2D eigenvalue weighted by atomic mass is 15.1. The van der Waals surface area contributed by atoms with E-state index in [1.807, 2.05) is 0 Å². The van der Waals surface area contributed by atoms with Gasteiger partial charge in [-0.2, -0.15) is 0 Å². The lowest BCUT2D eigenvalue weighted by Crippen LogP contribution is -2.46. The van der Waals surface area contributed by atoms with E-state index in [9.17, 15) is 0 Å². The molecule has 2 rings (SSSR count). The van der Waals surface area contributed by atoms with Gasteiger partial charge in [0, 0.05) is 31.0 Å². The molecule has 1 N–H and O–H groups in total. The zero-order chi connectivity index (χ0) is 9.47. The maximum atomic E-state index is 3.58. The van der Waals surface area contributed by atoms with Crippen LogP contribution in [-0.2, 0) is 13.1 Å². The minimum atomic E-state index is 0.349. The highest BCUT2D eigenvalue weighted by Crippen LogP contribution is 2.24. The Labute approximate surface area is 79.9 Å². The van der Waals surface area contributed by atoms with Gasteiger partial charge in [-0.25, -0.2) is 0 Å². The first-order valence-corrected chi connectivity index (χ1v) is 4.95. The molecule has 0 aromatic carbocycles. The average Bonchev–Trinajstić information content (AvgIpc) is 2.47. The fraction of sp³-hybridized carbons (Fsp3) is 0.636. The summed E-state index contributed by atoms with van der Waals surface area (Å²) in [5, 5.41) is 3.58. The topological polar surface area (TPSA) is 17.0 Å². The molecule has 1 atom stereocenters. The predicted molar refractivity (Wildman–Crippen MR) is 54.5 cm³/mol. The molecule has 0 spiro atoms. The molecular formula is C11H18N2. The van der Waals surface area contributed by atoms with E-state index >= 15 is 0 Å². The highest BCUT2D eigenvalue weighted by molar-refractivity contribution is 5.10. The molecule has 1 aromatic heterocycles. The molecule has 2 heteroatoms. The summed E-state index contributed by atoms with van der Waals surface area (Å²) in [4.78, 5) is 0. The molecule has 0 saturated carbocycles. The van der Waals surface area contributed by atoms with Crippen molar-refractivity contribution in [1.82, 2.24) is 9.88 Å². The second-order valence-electron chi connectivity index (χ2n) is 4.95. The largest absolute Gasteiger partial charge is 0.349 e. The quantitative estimate of drug-likeness (QED) is 0.643. The standard InChI is InChI=1S/C11H18N2/c1-11(2,3)10-8-13-6-4-5-9(13)7-12-10/h4-6,10,12H,7-8H2,1-3H3. The Bertz CT molecular complexity index is 293. The van der Waals surface area contributed by atoms with E-state index in [-0.39, 0.29) is 0 Å². The van der Waals surface area contributed by atoms with Crippen LogP contribution in [0.25, 0.3) is 0 Å². The third kappa shape index (κ3) is 1.63. The lowest BCUT2D eigenvalue weighted by Gasteiger charge is -2.36. The van der Waals surface area contributed by atoms with Gasteiger partial charge in [-0.1, -0.05) is 20.8 Å². The minimum absolute atomic E-state index is 0.349. The number of nitrogens with one attached hydrogen (secondary N) is 1. The van der Waals surface area contributed by atoms with Gasteiger partial charge in [0.25, 0.3) is 0 Å². The maximum Gasteiger partial charge on any atom is 0.0381 e. The van der Waals surface area contributed by atoms with Crippen LogP contribution >= 0.6 is 0 Å². The van der Waals surface area contributed by atoms with Gasteiger partial charge >= 0.3 is 0 Å². The van der Waals surface area contributed by atoms with E-state index in [1.165, 1.54) is 5.69 Å². The first-order valence-electron chi connectivity index (χ1n) is 4.95. The van der Waals surface area contributed by atoms with E-state index in [0.29, 0.717) is 11.5 Å². The zero-order valence-corrected chi connectivity index (χ0v) is 8.67. The molecule has 13 heavy (non-hydrogen) atoms. The van der Waals surface area contributed by atoms with E-state index < -0.39 is 0 Å². The maximum absolute atomic E-state index is 3.58. The van der Waals surface area contributed by atoms with Gasteiger partial charge in [0.15, 0.2) is 0 Å². The molecule has 2 nitrogen and oxygen atoms in total. The van der Waals surface area contributed by atoms with Gasteiger partial charge in [-0.3, -0.25) is 0 Å². The fourth-order valence-electron chi connectivity index (χ4n) is 1.86. The summed E-state index contributed by atoms with van der Waals surface area (Å²) in [6.45, 7) is 8.98. The summed E-state index contributed by atoms with van der Waals surface area (Å²) in [6.07, 6.45) is 2.18.